The number of hydrogen-bond acceptors (Lipinski definition) is 8. The number of aromatic nitrogens is 1. The lowest BCUT2D eigenvalue weighted by molar-refractivity contribution is -0.155. The van der Waals surface area contributed by atoms with Crippen LogP contribution < -0.4 is 5.32 Å². The van der Waals surface area contributed by atoms with Crippen molar-refractivity contribution in [1.82, 2.24) is 15.2 Å². The molecule has 2 aliphatic rings. The maximum Gasteiger partial charge on any atom is 0.329 e. The van der Waals surface area contributed by atoms with E-state index in [9.17, 15) is 24.3 Å². The number of hydrogen-bond donors (Lipinski definition) is 2. The van der Waals surface area contributed by atoms with Crippen molar-refractivity contribution in [3.63, 3.8) is 0 Å². The summed E-state index contributed by atoms with van der Waals surface area (Å²) in [4.78, 5) is 56.2. The van der Waals surface area contributed by atoms with Crippen LogP contribution in [0, 0.1) is 5.92 Å². The number of ketones is 1. The van der Waals surface area contributed by atoms with E-state index in [1.807, 2.05) is 13.8 Å². The molecule has 2 bridgehead atoms. The number of allylic oxidation sites excluding steroid dienone is 2. The molecule has 0 aromatic carbocycles. The molecule has 0 aliphatic carbocycles. The van der Waals surface area contributed by atoms with Crippen LogP contribution in [0.4, 0.5) is 0 Å². The summed E-state index contributed by atoms with van der Waals surface area (Å²) in [5, 5.41) is 13.0. The minimum atomic E-state index is -1.00. The van der Waals surface area contributed by atoms with Crippen LogP contribution in [-0.2, 0) is 25.5 Å². The highest BCUT2D eigenvalue weighted by molar-refractivity contribution is 5.95. The monoisotopic (exact) mass is 513 g/mol. The molecule has 3 atom stereocenters. The van der Waals surface area contributed by atoms with Crippen molar-refractivity contribution in [3.05, 3.63) is 53.8 Å². The first kappa shape index (κ1) is 28.0. The summed E-state index contributed by atoms with van der Waals surface area (Å²) < 4.78 is 11.1. The Morgan fingerprint density at radius 1 is 1.16 bits per heavy atom. The maximum absolute atomic E-state index is 13.1. The van der Waals surface area contributed by atoms with E-state index in [2.05, 4.69) is 10.3 Å². The first-order valence-corrected chi connectivity index (χ1v) is 12.6. The molecule has 3 rings (SSSR count). The molecule has 0 unspecified atom stereocenters. The quantitative estimate of drug-likeness (QED) is 0.546. The van der Waals surface area contributed by atoms with Crippen LogP contribution in [0.15, 0.2) is 46.6 Å². The minimum Gasteiger partial charge on any atom is -0.460 e. The van der Waals surface area contributed by atoms with Crippen molar-refractivity contribution in [3.8, 4) is 0 Å². The second kappa shape index (κ2) is 13.1. The third-order valence-corrected chi connectivity index (χ3v) is 6.22. The Morgan fingerprint density at radius 2 is 1.95 bits per heavy atom. The van der Waals surface area contributed by atoms with Gasteiger partial charge < -0.3 is 24.5 Å². The zero-order valence-electron chi connectivity index (χ0n) is 21.5. The molecule has 200 valence electrons. The molecule has 1 fully saturated rings. The Balaban J connectivity index is 1.82. The molecule has 0 spiro atoms. The molecule has 1 saturated heterocycles. The number of aliphatic hydroxyl groups is 1. The highest BCUT2D eigenvalue weighted by atomic mass is 16.5. The smallest absolute Gasteiger partial charge is 0.329 e. The van der Waals surface area contributed by atoms with Gasteiger partial charge in [0.05, 0.1) is 12.5 Å². The lowest BCUT2D eigenvalue weighted by Crippen LogP contribution is -2.43. The number of esters is 1. The van der Waals surface area contributed by atoms with Gasteiger partial charge in [-0.2, -0.15) is 0 Å². The van der Waals surface area contributed by atoms with Crippen LogP contribution in [-0.4, -0.2) is 69.9 Å². The van der Waals surface area contributed by atoms with Crippen molar-refractivity contribution < 1.29 is 33.4 Å². The molecule has 10 heteroatoms. The number of fused-ring (bicyclic) bond motifs is 3. The average molecular weight is 514 g/mol. The summed E-state index contributed by atoms with van der Waals surface area (Å²) in [6.07, 6.45) is 8.95. The Morgan fingerprint density at radius 3 is 2.70 bits per heavy atom. The number of ether oxygens (including phenoxy) is 1. The number of carbonyl (C=O) groups excluding carboxylic acids is 4. The number of rotatable bonds is 1. The number of carbonyl (C=O) groups is 4. The van der Waals surface area contributed by atoms with E-state index in [1.54, 1.807) is 31.2 Å². The number of aliphatic hydroxyl groups excluding tert-OH is 1. The molecule has 10 nitrogen and oxygen atoms in total. The van der Waals surface area contributed by atoms with E-state index in [1.165, 1.54) is 17.2 Å². The van der Waals surface area contributed by atoms with Gasteiger partial charge in [0.15, 0.2) is 5.69 Å². The second-order valence-electron chi connectivity index (χ2n) is 9.69. The van der Waals surface area contributed by atoms with Crippen LogP contribution in [0.25, 0.3) is 0 Å². The molecule has 1 aromatic rings. The largest absolute Gasteiger partial charge is 0.460 e. The summed E-state index contributed by atoms with van der Waals surface area (Å²) in [6.45, 7) is 6.28. The molecule has 0 radical (unpaired) electrons. The highest BCUT2D eigenvalue weighted by Crippen LogP contribution is 2.23. The number of Topliss-reactive ketones (excluding diaryl/α,β-unsaturated/α-hetero) is 1. The topological polar surface area (TPSA) is 139 Å². The van der Waals surface area contributed by atoms with E-state index in [-0.39, 0.29) is 48.6 Å². The summed E-state index contributed by atoms with van der Waals surface area (Å²) in [5.74, 6) is -1.49. The number of cyclic esters (lactones) is 1. The van der Waals surface area contributed by atoms with Gasteiger partial charge in [-0.1, -0.05) is 43.7 Å². The summed E-state index contributed by atoms with van der Waals surface area (Å²) in [5.41, 5.74) is 0.742. The Labute approximate surface area is 216 Å². The van der Waals surface area contributed by atoms with Crippen LogP contribution in [0.3, 0.4) is 0 Å². The molecular weight excluding hydrogens is 478 g/mol. The van der Waals surface area contributed by atoms with Crippen LogP contribution in [0.2, 0.25) is 0 Å². The molecule has 2 amide bonds. The van der Waals surface area contributed by atoms with Crippen molar-refractivity contribution in [2.24, 2.45) is 5.92 Å². The second-order valence-corrected chi connectivity index (χ2v) is 9.69. The summed E-state index contributed by atoms with van der Waals surface area (Å²) in [7, 11) is 0. The summed E-state index contributed by atoms with van der Waals surface area (Å²) >= 11 is 0. The zero-order chi connectivity index (χ0) is 26.9. The van der Waals surface area contributed by atoms with Crippen molar-refractivity contribution in [1.29, 1.82) is 0 Å². The third-order valence-electron chi connectivity index (χ3n) is 6.22. The van der Waals surface area contributed by atoms with Crippen molar-refractivity contribution in [2.75, 3.05) is 13.1 Å². The Kier molecular flexibility index (Phi) is 9.96. The zero-order valence-corrected chi connectivity index (χ0v) is 21.5. The van der Waals surface area contributed by atoms with E-state index in [0.717, 1.165) is 5.57 Å². The lowest BCUT2D eigenvalue weighted by atomic mass is 10.0. The van der Waals surface area contributed by atoms with Gasteiger partial charge in [-0.25, -0.2) is 9.78 Å². The van der Waals surface area contributed by atoms with Gasteiger partial charge >= 0.3 is 5.97 Å². The Bertz CT molecular complexity index is 1090. The maximum atomic E-state index is 13.1. The normalized spacial score (nSPS) is 25.9. The predicted molar refractivity (Wildman–Crippen MR) is 134 cm³/mol. The SMILES string of the molecule is CC1=C[C@@H](O)CC(=O)Cc2nc(co2)C(=O)N2CCC[C@@H]2C(=O)O[C@H](C(C)C)C/C=C/C(=O)NCC=C1. The van der Waals surface area contributed by atoms with Gasteiger partial charge in [0, 0.05) is 25.9 Å². The first-order valence-electron chi connectivity index (χ1n) is 12.6. The van der Waals surface area contributed by atoms with Gasteiger partial charge in [-0.3, -0.25) is 14.4 Å². The van der Waals surface area contributed by atoms with E-state index >= 15 is 0 Å². The van der Waals surface area contributed by atoms with Gasteiger partial charge in [0.1, 0.15) is 24.2 Å². The molecule has 0 saturated carbocycles. The molecular formula is C27H35N3O7. The van der Waals surface area contributed by atoms with Crippen LogP contribution in [0.1, 0.15) is 62.8 Å². The fraction of sp³-hybridized carbons (Fsp3) is 0.519. The highest BCUT2D eigenvalue weighted by Gasteiger charge is 2.38. The van der Waals surface area contributed by atoms with Gasteiger partial charge in [-0.15, -0.1) is 0 Å². The third kappa shape index (κ3) is 8.24. The molecule has 3 heterocycles. The molecule has 2 aliphatic heterocycles. The van der Waals surface area contributed by atoms with Crippen molar-refractivity contribution in [2.45, 2.75) is 71.1 Å². The predicted octanol–water partition coefficient (Wildman–Crippen LogP) is 2.29. The number of nitrogens with one attached hydrogen (secondary N) is 1. The molecule has 2 N–H and O–H groups in total. The molecule has 37 heavy (non-hydrogen) atoms. The summed E-state index contributed by atoms with van der Waals surface area (Å²) in [6, 6.07) is -0.749. The van der Waals surface area contributed by atoms with Gasteiger partial charge in [0.2, 0.25) is 11.8 Å². The number of oxazole rings is 1. The molecule has 1 aromatic heterocycles. The van der Waals surface area contributed by atoms with Crippen molar-refractivity contribution >= 4 is 23.6 Å². The van der Waals surface area contributed by atoms with E-state index < -0.39 is 30.1 Å². The standard InChI is InChI=1S/C27H35N3O7/c1-17(2)23-9-4-10-24(33)28-11-5-7-18(3)13-19(31)14-20(32)15-25-29-21(16-36-25)26(34)30-12-6-8-22(30)27(35)37-23/h4-5,7,10,13,16-17,19,22-23,31H,6,8-9,11-12,14-15H2,1-3H3,(H,28,33)/b7-5?,10-4+,18-13?/t19-,22-,23+/m1/s1. The van der Waals surface area contributed by atoms with Gasteiger partial charge in [0.25, 0.3) is 5.91 Å². The van der Waals surface area contributed by atoms with Crippen LogP contribution >= 0.6 is 0 Å². The fourth-order valence-corrected chi connectivity index (χ4v) is 4.24. The van der Waals surface area contributed by atoms with Gasteiger partial charge in [-0.05, 0) is 31.8 Å². The number of nitrogens with zero attached hydrogens (tertiary/aromatic N) is 2. The Hall–Kier alpha value is -3.53. The van der Waals surface area contributed by atoms with Crippen LogP contribution in [0.5, 0.6) is 0 Å². The first-order chi connectivity index (χ1) is 17.6. The fourth-order valence-electron chi connectivity index (χ4n) is 4.24. The van der Waals surface area contributed by atoms with E-state index in [0.29, 0.717) is 25.8 Å². The number of amides is 2. The average Bonchev–Trinajstić information content (AvgIpc) is 3.50. The minimum absolute atomic E-state index is 0.000348. The van der Waals surface area contributed by atoms with E-state index in [4.69, 9.17) is 9.15 Å². The lowest BCUT2D eigenvalue weighted by Gasteiger charge is -2.26.